The van der Waals surface area contributed by atoms with Gasteiger partial charge < -0.3 is 14.4 Å². The lowest BCUT2D eigenvalue weighted by Crippen LogP contribution is -2.34. The molecule has 0 aliphatic carbocycles. The minimum Gasteiger partial charge on any atom is -0.538 e. The standard InChI is InChI=1S/C12H12N2O4S/c1-2-17-10(15)8-19-11-12(16)18-13-14(11)9-6-4-3-5-7-9/h3-7H,2,8H2,1H3. The van der Waals surface area contributed by atoms with Crippen molar-refractivity contribution < 1.29 is 23.8 Å². The van der Waals surface area contributed by atoms with E-state index in [4.69, 9.17) is 4.74 Å². The molecular weight excluding hydrogens is 268 g/mol. The highest BCUT2D eigenvalue weighted by Crippen LogP contribution is 2.23. The minimum absolute atomic E-state index is 0.0388. The average Bonchev–Trinajstić information content (AvgIpc) is 2.79. The van der Waals surface area contributed by atoms with Crippen molar-refractivity contribution in [3.8, 4) is 11.6 Å². The lowest BCUT2D eigenvalue weighted by atomic mass is 10.3. The maximum absolute atomic E-state index is 11.6. The van der Waals surface area contributed by atoms with Gasteiger partial charge in [-0.05, 0) is 23.4 Å². The Morgan fingerprint density at radius 2 is 2.21 bits per heavy atom. The van der Waals surface area contributed by atoms with Crippen molar-refractivity contribution in [3.05, 3.63) is 30.3 Å². The second-order valence-electron chi connectivity index (χ2n) is 3.51. The van der Waals surface area contributed by atoms with E-state index in [0.717, 1.165) is 11.8 Å². The summed E-state index contributed by atoms with van der Waals surface area (Å²) in [5, 5.41) is 15.5. The third-order valence-corrected chi connectivity index (χ3v) is 3.20. The first-order valence-electron chi connectivity index (χ1n) is 5.65. The molecule has 0 spiro atoms. The summed E-state index contributed by atoms with van der Waals surface area (Å²) in [6.07, 6.45) is 0. The van der Waals surface area contributed by atoms with Crippen molar-refractivity contribution >= 4 is 17.7 Å². The number of para-hydroxylation sites is 1. The molecular formula is C12H12N2O4S. The van der Waals surface area contributed by atoms with Gasteiger partial charge in [-0.3, -0.25) is 4.79 Å². The number of hydrogen-bond acceptors (Lipinski definition) is 6. The molecule has 0 saturated carbocycles. The quantitative estimate of drug-likeness (QED) is 0.455. The second kappa shape index (κ2) is 6.24. The molecule has 100 valence electrons. The van der Waals surface area contributed by atoms with Gasteiger partial charge >= 0.3 is 5.97 Å². The molecule has 6 nitrogen and oxygen atoms in total. The Kier molecular flexibility index (Phi) is 4.40. The Hall–Kier alpha value is -2.02. The normalized spacial score (nSPS) is 10.4. The van der Waals surface area contributed by atoms with Crippen molar-refractivity contribution in [1.82, 2.24) is 5.27 Å². The van der Waals surface area contributed by atoms with Crippen LogP contribution >= 0.6 is 11.8 Å². The molecule has 0 unspecified atom stereocenters. The highest BCUT2D eigenvalue weighted by molar-refractivity contribution is 7.99. The summed E-state index contributed by atoms with van der Waals surface area (Å²) in [6.45, 7) is 2.04. The molecule has 2 aromatic rings. The Balaban J connectivity index is 2.17. The number of nitrogens with zero attached hydrogens (tertiary/aromatic N) is 2. The molecule has 0 fully saturated rings. The first kappa shape index (κ1) is 13.4. The van der Waals surface area contributed by atoms with E-state index in [1.54, 1.807) is 19.1 Å². The number of ether oxygens (including phenoxy) is 1. The molecule has 0 N–H and O–H groups in total. The molecule has 2 rings (SSSR count). The predicted molar refractivity (Wildman–Crippen MR) is 64.8 cm³/mol. The molecule has 0 radical (unpaired) electrons. The minimum atomic E-state index is -0.571. The molecule has 0 atom stereocenters. The molecule has 7 heteroatoms. The van der Waals surface area contributed by atoms with E-state index in [-0.39, 0.29) is 16.7 Å². The smallest absolute Gasteiger partial charge is 0.316 e. The number of rotatable bonds is 5. The second-order valence-corrected chi connectivity index (χ2v) is 4.47. The van der Waals surface area contributed by atoms with Gasteiger partial charge in [-0.15, -0.1) is 0 Å². The number of esters is 1. The van der Waals surface area contributed by atoms with Gasteiger partial charge in [0, 0.05) is 12.1 Å². The number of carbonyl (C=O) groups is 1. The maximum atomic E-state index is 11.6. The van der Waals surface area contributed by atoms with E-state index in [2.05, 4.69) is 9.79 Å². The van der Waals surface area contributed by atoms with Crippen LogP contribution in [0.2, 0.25) is 0 Å². The fraction of sp³-hybridized carbons (Fsp3) is 0.250. The molecule has 1 aromatic heterocycles. The summed E-state index contributed by atoms with van der Waals surface area (Å²) in [6, 6.07) is 9.07. The van der Waals surface area contributed by atoms with E-state index in [0.29, 0.717) is 12.3 Å². The summed E-state index contributed by atoms with van der Waals surface area (Å²) in [5.74, 6) is -0.914. The largest absolute Gasteiger partial charge is 0.538 e. The van der Waals surface area contributed by atoms with Crippen LogP contribution in [-0.2, 0) is 9.53 Å². The van der Waals surface area contributed by atoms with Crippen LogP contribution in [0.15, 0.2) is 39.9 Å². The molecule has 0 bridgehead atoms. The van der Waals surface area contributed by atoms with Gasteiger partial charge in [0.05, 0.1) is 11.9 Å². The number of hydrogen-bond donors (Lipinski definition) is 0. The summed E-state index contributed by atoms with van der Waals surface area (Å²) in [4.78, 5) is 11.3. The van der Waals surface area contributed by atoms with Gasteiger partial charge in [-0.25, -0.2) is 0 Å². The van der Waals surface area contributed by atoms with Gasteiger partial charge in [0.1, 0.15) is 5.75 Å². The summed E-state index contributed by atoms with van der Waals surface area (Å²) in [7, 11) is 0. The van der Waals surface area contributed by atoms with Crippen molar-refractivity contribution in [3.63, 3.8) is 0 Å². The summed E-state index contributed by atoms with van der Waals surface area (Å²) < 4.78 is 10.8. The number of thioether (sulfide) groups is 1. The number of carbonyl (C=O) groups excluding carboxylic acids is 1. The maximum Gasteiger partial charge on any atom is 0.316 e. The van der Waals surface area contributed by atoms with E-state index < -0.39 is 5.95 Å². The van der Waals surface area contributed by atoms with Crippen molar-refractivity contribution in [1.29, 1.82) is 0 Å². The molecule has 0 aliphatic rings. The molecule has 0 saturated heterocycles. The monoisotopic (exact) mass is 280 g/mol. The molecule has 0 amide bonds. The van der Waals surface area contributed by atoms with E-state index in [1.807, 2.05) is 18.2 Å². The van der Waals surface area contributed by atoms with E-state index >= 15 is 0 Å². The van der Waals surface area contributed by atoms with Gasteiger partial charge in [-0.1, -0.05) is 18.2 Å². The van der Waals surface area contributed by atoms with E-state index in [9.17, 15) is 9.90 Å². The van der Waals surface area contributed by atoms with Gasteiger partial charge in [-0.2, -0.15) is 0 Å². The highest BCUT2D eigenvalue weighted by Gasteiger charge is 2.22. The van der Waals surface area contributed by atoms with E-state index in [1.165, 1.54) is 4.68 Å². The highest BCUT2D eigenvalue weighted by atomic mass is 32.2. The Morgan fingerprint density at radius 3 is 2.89 bits per heavy atom. The lowest BCUT2D eigenvalue weighted by Gasteiger charge is -1.99. The zero-order valence-corrected chi connectivity index (χ0v) is 11.1. The lowest BCUT2D eigenvalue weighted by molar-refractivity contribution is -0.705. The molecule has 1 aromatic carbocycles. The zero-order chi connectivity index (χ0) is 13.7. The Labute approximate surface area is 114 Å². The zero-order valence-electron chi connectivity index (χ0n) is 10.2. The van der Waals surface area contributed by atoms with Crippen LogP contribution in [0, 0.1) is 0 Å². The molecule has 1 heterocycles. The average molecular weight is 280 g/mol. The summed E-state index contributed by atoms with van der Waals surface area (Å²) in [5.41, 5.74) is 0.694. The fourth-order valence-corrected chi connectivity index (χ4v) is 2.18. The van der Waals surface area contributed by atoms with Crippen LogP contribution in [0.1, 0.15) is 6.92 Å². The van der Waals surface area contributed by atoms with Crippen LogP contribution in [0.3, 0.4) is 0 Å². The first-order chi connectivity index (χ1) is 9.22. The topological polar surface area (TPSA) is 79.3 Å². The predicted octanol–water partition coefficient (Wildman–Crippen LogP) is 0.680. The van der Waals surface area contributed by atoms with Crippen molar-refractivity contribution in [2.75, 3.05) is 12.4 Å². The number of benzene rings is 1. The third-order valence-electron chi connectivity index (χ3n) is 2.21. The van der Waals surface area contributed by atoms with Crippen LogP contribution in [0.25, 0.3) is 5.69 Å². The van der Waals surface area contributed by atoms with Crippen LogP contribution in [0.5, 0.6) is 5.95 Å². The van der Waals surface area contributed by atoms with Crippen LogP contribution < -0.4 is 9.79 Å². The molecule has 0 aliphatic heterocycles. The SMILES string of the molecule is CCOC(=O)CSc1c([O-])on[n+]1-c1ccccc1. The van der Waals surface area contributed by atoms with Crippen LogP contribution in [-0.4, -0.2) is 23.6 Å². The Morgan fingerprint density at radius 1 is 1.47 bits per heavy atom. The van der Waals surface area contributed by atoms with Gasteiger partial charge in [0.15, 0.2) is 5.95 Å². The third kappa shape index (κ3) is 3.25. The van der Waals surface area contributed by atoms with Gasteiger partial charge in [0.2, 0.25) is 5.69 Å². The van der Waals surface area contributed by atoms with Crippen molar-refractivity contribution in [2.45, 2.75) is 11.9 Å². The van der Waals surface area contributed by atoms with Gasteiger partial charge in [0.25, 0.3) is 5.03 Å². The first-order valence-corrected chi connectivity index (χ1v) is 6.63. The molecule has 19 heavy (non-hydrogen) atoms. The van der Waals surface area contributed by atoms with Crippen LogP contribution in [0.4, 0.5) is 0 Å². The Bertz CT molecular complexity index is 556. The fourth-order valence-electron chi connectivity index (χ4n) is 1.42. The summed E-state index contributed by atoms with van der Waals surface area (Å²) >= 11 is 1.04. The van der Waals surface area contributed by atoms with Crippen molar-refractivity contribution in [2.24, 2.45) is 0 Å². The number of aromatic nitrogens is 2.